The van der Waals surface area contributed by atoms with Crippen LogP contribution in [-0.2, 0) is 0 Å². The molecule has 0 spiro atoms. The first-order chi connectivity index (χ1) is 13.6. The van der Waals surface area contributed by atoms with Gasteiger partial charge in [0, 0.05) is 37.9 Å². The molecule has 0 radical (unpaired) electrons. The largest absolute Gasteiger partial charge is 0.508 e. The van der Waals surface area contributed by atoms with Gasteiger partial charge in [0.2, 0.25) is 0 Å². The van der Waals surface area contributed by atoms with Crippen LogP contribution in [0.3, 0.4) is 0 Å². The van der Waals surface area contributed by atoms with E-state index in [0.29, 0.717) is 18.7 Å². The Morgan fingerprint density at radius 2 is 1.68 bits per heavy atom. The van der Waals surface area contributed by atoms with Crippen LogP contribution >= 0.6 is 0 Å². The zero-order valence-electron chi connectivity index (χ0n) is 15.9. The number of anilines is 1. The highest BCUT2D eigenvalue weighted by Crippen LogP contribution is 2.24. The Kier molecular flexibility index (Phi) is 4.98. The SMILES string of the molecule is Cc1cccnc1N1CCN(C(=O)c2cccc(-c3ccc(O)cc3)c2)CC1. The number of aryl methyl sites for hydroxylation is 1. The zero-order valence-corrected chi connectivity index (χ0v) is 15.9. The summed E-state index contributed by atoms with van der Waals surface area (Å²) in [5.74, 6) is 1.29. The molecule has 1 aliphatic heterocycles. The fourth-order valence-electron chi connectivity index (χ4n) is 3.60. The number of aromatic hydroxyl groups is 1. The molecule has 1 aromatic heterocycles. The fourth-order valence-corrected chi connectivity index (χ4v) is 3.60. The molecule has 5 heteroatoms. The summed E-state index contributed by atoms with van der Waals surface area (Å²) < 4.78 is 0. The van der Waals surface area contributed by atoms with E-state index in [1.165, 1.54) is 0 Å². The van der Waals surface area contributed by atoms with E-state index in [9.17, 15) is 9.90 Å². The van der Waals surface area contributed by atoms with Crippen LogP contribution in [0.4, 0.5) is 5.82 Å². The normalized spacial score (nSPS) is 14.2. The predicted molar refractivity (Wildman–Crippen MR) is 111 cm³/mol. The molecular weight excluding hydrogens is 350 g/mol. The smallest absolute Gasteiger partial charge is 0.253 e. The monoisotopic (exact) mass is 373 g/mol. The van der Waals surface area contributed by atoms with E-state index in [4.69, 9.17) is 0 Å². The van der Waals surface area contributed by atoms with Crippen molar-refractivity contribution in [1.82, 2.24) is 9.88 Å². The highest BCUT2D eigenvalue weighted by molar-refractivity contribution is 5.95. The molecule has 3 aromatic rings. The second-order valence-corrected chi connectivity index (χ2v) is 7.05. The van der Waals surface area contributed by atoms with Crippen molar-refractivity contribution in [3.8, 4) is 16.9 Å². The lowest BCUT2D eigenvalue weighted by atomic mass is 10.0. The lowest BCUT2D eigenvalue weighted by Gasteiger charge is -2.36. The van der Waals surface area contributed by atoms with Gasteiger partial charge in [-0.05, 0) is 53.9 Å². The molecule has 0 bridgehead atoms. The number of phenols is 1. The maximum Gasteiger partial charge on any atom is 0.253 e. The van der Waals surface area contributed by atoms with E-state index < -0.39 is 0 Å². The van der Waals surface area contributed by atoms with Crippen LogP contribution in [0.1, 0.15) is 15.9 Å². The number of piperazine rings is 1. The number of nitrogens with zero attached hydrogens (tertiary/aromatic N) is 3. The fraction of sp³-hybridized carbons (Fsp3) is 0.217. The Labute approximate surface area is 164 Å². The van der Waals surface area contributed by atoms with Crippen molar-refractivity contribution in [2.75, 3.05) is 31.1 Å². The number of amides is 1. The molecule has 2 heterocycles. The molecule has 0 atom stereocenters. The number of benzene rings is 2. The lowest BCUT2D eigenvalue weighted by Crippen LogP contribution is -2.49. The quantitative estimate of drug-likeness (QED) is 0.760. The molecule has 0 saturated carbocycles. The van der Waals surface area contributed by atoms with Crippen molar-refractivity contribution in [1.29, 1.82) is 0 Å². The summed E-state index contributed by atoms with van der Waals surface area (Å²) in [5.41, 5.74) is 3.79. The molecule has 0 unspecified atom stereocenters. The Bertz CT molecular complexity index is 977. The number of hydrogen-bond acceptors (Lipinski definition) is 4. The number of phenolic OH excluding ortho intramolecular Hbond substituents is 1. The molecule has 0 aliphatic carbocycles. The predicted octanol–water partition coefficient (Wildman–Crippen LogP) is 3.73. The lowest BCUT2D eigenvalue weighted by molar-refractivity contribution is 0.0746. The summed E-state index contributed by atoms with van der Waals surface area (Å²) in [7, 11) is 0. The topological polar surface area (TPSA) is 56.7 Å². The highest BCUT2D eigenvalue weighted by Gasteiger charge is 2.23. The van der Waals surface area contributed by atoms with Crippen LogP contribution in [0.15, 0.2) is 66.9 Å². The summed E-state index contributed by atoms with van der Waals surface area (Å²) in [5, 5.41) is 9.47. The molecular formula is C23H23N3O2. The van der Waals surface area contributed by atoms with Gasteiger partial charge in [0.25, 0.3) is 5.91 Å². The molecule has 1 fully saturated rings. The molecule has 1 aliphatic rings. The number of carbonyl (C=O) groups is 1. The Hall–Kier alpha value is -3.34. The third-order valence-corrected chi connectivity index (χ3v) is 5.16. The van der Waals surface area contributed by atoms with E-state index in [1.807, 2.05) is 53.6 Å². The number of pyridine rings is 1. The van der Waals surface area contributed by atoms with E-state index in [1.54, 1.807) is 12.1 Å². The van der Waals surface area contributed by atoms with Gasteiger partial charge in [-0.1, -0.05) is 30.3 Å². The number of carbonyl (C=O) groups excluding carboxylic acids is 1. The van der Waals surface area contributed by atoms with Gasteiger partial charge >= 0.3 is 0 Å². The molecule has 1 N–H and O–H groups in total. The van der Waals surface area contributed by atoms with Crippen LogP contribution in [0.5, 0.6) is 5.75 Å². The third kappa shape index (κ3) is 3.69. The van der Waals surface area contributed by atoms with Crippen LogP contribution in [0.25, 0.3) is 11.1 Å². The van der Waals surface area contributed by atoms with Crippen molar-refractivity contribution in [3.63, 3.8) is 0 Å². The van der Waals surface area contributed by atoms with Crippen LogP contribution in [-0.4, -0.2) is 47.1 Å². The second kappa shape index (κ2) is 7.72. The van der Waals surface area contributed by atoms with Gasteiger partial charge in [0.1, 0.15) is 11.6 Å². The molecule has 28 heavy (non-hydrogen) atoms. The molecule has 2 aromatic carbocycles. The maximum absolute atomic E-state index is 13.0. The first-order valence-corrected chi connectivity index (χ1v) is 9.47. The van der Waals surface area contributed by atoms with Crippen molar-refractivity contribution in [2.24, 2.45) is 0 Å². The Balaban J connectivity index is 1.46. The van der Waals surface area contributed by atoms with Crippen LogP contribution in [0, 0.1) is 6.92 Å². The first-order valence-electron chi connectivity index (χ1n) is 9.47. The average molecular weight is 373 g/mol. The summed E-state index contributed by atoms with van der Waals surface area (Å²) >= 11 is 0. The molecule has 4 rings (SSSR count). The van der Waals surface area contributed by atoms with E-state index in [2.05, 4.69) is 22.9 Å². The van der Waals surface area contributed by atoms with Crippen molar-refractivity contribution in [3.05, 3.63) is 78.0 Å². The molecule has 5 nitrogen and oxygen atoms in total. The minimum absolute atomic E-state index is 0.0537. The first kappa shape index (κ1) is 18.0. The van der Waals surface area contributed by atoms with Crippen molar-refractivity contribution in [2.45, 2.75) is 6.92 Å². The van der Waals surface area contributed by atoms with Crippen molar-refractivity contribution >= 4 is 11.7 Å². The van der Waals surface area contributed by atoms with Crippen LogP contribution < -0.4 is 4.90 Å². The average Bonchev–Trinajstić information content (AvgIpc) is 2.74. The summed E-state index contributed by atoms with van der Waals surface area (Å²) in [6.07, 6.45) is 1.81. The van der Waals surface area contributed by atoms with Gasteiger partial charge in [-0.2, -0.15) is 0 Å². The third-order valence-electron chi connectivity index (χ3n) is 5.16. The van der Waals surface area contributed by atoms with Gasteiger partial charge in [0.05, 0.1) is 0 Å². The Morgan fingerprint density at radius 1 is 0.929 bits per heavy atom. The zero-order chi connectivity index (χ0) is 19.5. The minimum atomic E-state index is 0.0537. The van der Waals surface area contributed by atoms with Crippen molar-refractivity contribution < 1.29 is 9.90 Å². The number of rotatable bonds is 3. The molecule has 142 valence electrons. The van der Waals surface area contributed by atoms with Crippen LogP contribution in [0.2, 0.25) is 0 Å². The summed E-state index contributed by atoms with van der Waals surface area (Å²) in [4.78, 5) is 21.6. The maximum atomic E-state index is 13.0. The van der Waals surface area contributed by atoms with E-state index in [0.717, 1.165) is 35.6 Å². The van der Waals surface area contributed by atoms with E-state index >= 15 is 0 Å². The van der Waals surface area contributed by atoms with Gasteiger partial charge in [0.15, 0.2) is 0 Å². The highest BCUT2D eigenvalue weighted by atomic mass is 16.3. The molecule has 1 amide bonds. The standard InChI is InChI=1S/C23H23N3O2/c1-17-4-3-11-24-22(17)25-12-14-26(15-13-25)23(28)20-6-2-5-19(16-20)18-7-9-21(27)10-8-18/h2-11,16,27H,12-15H2,1H3. The second-order valence-electron chi connectivity index (χ2n) is 7.05. The van der Waals surface area contributed by atoms with Gasteiger partial charge in [-0.25, -0.2) is 4.98 Å². The summed E-state index contributed by atoms with van der Waals surface area (Å²) in [6, 6.07) is 18.7. The minimum Gasteiger partial charge on any atom is -0.508 e. The van der Waals surface area contributed by atoms with Gasteiger partial charge < -0.3 is 14.9 Å². The summed E-state index contributed by atoms with van der Waals surface area (Å²) in [6.45, 7) is 4.98. The van der Waals surface area contributed by atoms with E-state index in [-0.39, 0.29) is 11.7 Å². The number of aromatic nitrogens is 1. The van der Waals surface area contributed by atoms with Gasteiger partial charge in [-0.15, -0.1) is 0 Å². The Morgan fingerprint density at radius 3 is 2.39 bits per heavy atom. The number of hydrogen-bond donors (Lipinski definition) is 1. The van der Waals surface area contributed by atoms with Gasteiger partial charge in [-0.3, -0.25) is 4.79 Å². The molecule has 1 saturated heterocycles.